The lowest BCUT2D eigenvalue weighted by atomic mass is 10.1. The van der Waals surface area contributed by atoms with Gasteiger partial charge in [0.15, 0.2) is 0 Å². The fourth-order valence-electron chi connectivity index (χ4n) is 3.01. The molecule has 0 spiro atoms. The highest BCUT2D eigenvalue weighted by Gasteiger charge is 2.15. The highest BCUT2D eigenvalue weighted by atomic mass is 16.5. The van der Waals surface area contributed by atoms with Crippen LogP contribution in [0.5, 0.6) is 0 Å². The number of rotatable bonds is 5. The molecule has 1 amide bonds. The van der Waals surface area contributed by atoms with Crippen molar-refractivity contribution in [3.05, 3.63) is 18.1 Å². The Balaban J connectivity index is 1.50. The summed E-state index contributed by atoms with van der Waals surface area (Å²) < 4.78 is 5.32. The topological polar surface area (TPSA) is 70.6 Å². The van der Waals surface area contributed by atoms with Crippen molar-refractivity contribution < 1.29 is 9.53 Å². The Kier molecular flexibility index (Phi) is 5.76. The number of piperidine rings is 1. The maximum absolute atomic E-state index is 12.3. The van der Waals surface area contributed by atoms with Gasteiger partial charge in [-0.2, -0.15) is 0 Å². The van der Waals surface area contributed by atoms with Gasteiger partial charge in [-0.05, 0) is 19.3 Å². The zero-order chi connectivity index (χ0) is 15.9. The minimum absolute atomic E-state index is 0.126. The summed E-state index contributed by atoms with van der Waals surface area (Å²) in [4.78, 5) is 25.2. The van der Waals surface area contributed by atoms with Crippen molar-refractivity contribution in [3.8, 4) is 0 Å². The Morgan fingerprint density at radius 3 is 2.70 bits per heavy atom. The summed E-state index contributed by atoms with van der Waals surface area (Å²) >= 11 is 0. The van der Waals surface area contributed by atoms with E-state index in [-0.39, 0.29) is 5.91 Å². The standard InChI is InChI=1S/C16H25N5O2/c22-16(17-4-7-20-8-10-23-11-9-20)14-12-15(19-13-18-14)21-5-2-1-3-6-21/h12-13H,1-11H2,(H,17,22). The molecule has 0 atom stereocenters. The zero-order valence-electron chi connectivity index (χ0n) is 13.5. The molecule has 7 nitrogen and oxygen atoms in total. The predicted molar refractivity (Wildman–Crippen MR) is 87.7 cm³/mol. The van der Waals surface area contributed by atoms with Gasteiger partial charge in [0.1, 0.15) is 17.8 Å². The van der Waals surface area contributed by atoms with E-state index in [0.29, 0.717) is 12.2 Å². The molecular formula is C16H25N5O2. The molecule has 2 aliphatic heterocycles. The molecule has 3 rings (SSSR count). The maximum Gasteiger partial charge on any atom is 0.270 e. The molecule has 0 saturated carbocycles. The number of nitrogens with zero attached hydrogens (tertiary/aromatic N) is 4. The Labute approximate surface area is 137 Å². The van der Waals surface area contributed by atoms with Gasteiger partial charge in [0.05, 0.1) is 13.2 Å². The van der Waals surface area contributed by atoms with E-state index in [2.05, 4.69) is 25.1 Å². The second kappa shape index (κ2) is 8.21. The van der Waals surface area contributed by atoms with Gasteiger partial charge in [0.25, 0.3) is 5.91 Å². The van der Waals surface area contributed by atoms with Crippen LogP contribution < -0.4 is 10.2 Å². The van der Waals surface area contributed by atoms with Crippen molar-refractivity contribution in [2.24, 2.45) is 0 Å². The molecule has 3 heterocycles. The molecule has 1 aromatic rings. The monoisotopic (exact) mass is 319 g/mol. The summed E-state index contributed by atoms with van der Waals surface area (Å²) in [7, 11) is 0. The Morgan fingerprint density at radius 1 is 1.13 bits per heavy atom. The first kappa shape index (κ1) is 16.1. The molecular weight excluding hydrogens is 294 g/mol. The fourth-order valence-corrected chi connectivity index (χ4v) is 3.01. The van der Waals surface area contributed by atoms with E-state index in [1.807, 2.05) is 0 Å². The summed E-state index contributed by atoms with van der Waals surface area (Å²) in [6.07, 6.45) is 5.13. The highest BCUT2D eigenvalue weighted by Crippen LogP contribution is 2.17. The molecule has 0 radical (unpaired) electrons. The summed E-state index contributed by atoms with van der Waals surface area (Å²) in [5, 5.41) is 2.95. The number of anilines is 1. The van der Waals surface area contributed by atoms with E-state index < -0.39 is 0 Å². The van der Waals surface area contributed by atoms with E-state index in [4.69, 9.17) is 4.74 Å². The van der Waals surface area contributed by atoms with Gasteiger partial charge in [-0.1, -0.05) is 0 Å². The lowest BCUT2D eigenvalue weighted by Crippen LogP contribution is -2.41. The lowest BCUT2D eigenvalue weighted by molar-refractivity contribution is 0.0383. The zero-order valence-corrected chi connectivity index (χ0v) is 13.5. The molecule has 7 heteroatoms. The highest BCUT2D eigenvalue weighted by molar-refractivity contribution is 5.92. The first-order valence-electron chi connectivity index (χ1n) is 8.48. The van der Waals surface area contributed by atoms with Crippen molar-refractivity contribution in [2.45, 2.75) is 19.3 Å². The number of hydrogen-bond donors (Lipinski definition) is 1. The van der Waals surface area contributed by atoms with Crippen LogP contribution in [0.3, 0.4) is 0 Å². The number of nitrogens with one attached hydrogen (secondary N) is 1. The Bertz CT molecular complexity index is 513. The molecule has 23 heavy (non-hydrogen) atoms. The largest absolute Gasteiger partial charge is 0.379 e. The molecule has 2 aliphatic rings. The van der Waals surface area contributed by atoms with Crippen LogP contribution >= 0.6 is 0 Å². The van der Waals surface area contributed by atoms with Gasteiger partial charge in [-0.3, -0.25) is 9.69 Å². The quantitative estimate of drug-likeness (QED) is 0.854. The second-order valence-electron chi connectivity index (χ2n) is 6.02. The molecule has 0 bridgehead atoms. The third kappa shape index (κ3) is 4.62. The summed E-state index contributed by atoms with van der Waals surface area (Å²) in [6.45, 7) is 6.91. The first-order chi connectivity index (χ1) is 11.3. The van der Waals surface area contributed by atoms with E-state index in [9.17, 15) is 4.79 Å². The Morgan fingerprint density at radius 2 is 1.91 bits per heavy atom. The lowest BCUT2D eigenvalue weighted by Gasteiger charge is -2.27. The van der Waals surface area contributed by atoms with Gasteiger partial charge in [0, 0.05) is 45.3 Å². The smallest absolute Gasteiger partial charge is 0.270 e. The van der Waals surface area contributed by atoms with Crippen LogP contribution in [0.2, 0.25) is 0 Å². The molecule has 2 fully saturated rings. The molecule has 1 N–H and O–H groups in total. The average Bonchev–Trinajstić information content (AvgIpc) is 2.63. The van der Waals surface area contributed by atoms with Crippen LogP contribution in [-0.2, 0) is 4.74 Å². The number of hydrogen-bond acceptors (Lipinski definition) is 6. The van der Waals surface area contributed by atoms with Crippen LogP contribution in [0.15, 0.2) is 12.4 Å². The minimum atomic E-state index is -0.126. The molecule has 1 aromatic heterocycles. The second-order valence-corrected chi connectivity index (χ2v) is 6.02. The SMILES string of the molecule is O=C(NCCN1CCOCC1)c1cc(N2CCCCC2)ncn1. The number of amides is 1. The summed E-state index contributed by atoms with van der Waals surface area (Å²) in [5.74, 6) is 0.733. The fraction of sp³-hybridized carbons (Fsp3) is 0.688. The first-order valence-corrected chi connectivity index (χ1v) is 8.48. The van der Waals surface area contributed by atoms with Crippen LogP contribution in [0.25, 0.3) is 0 Å². The third-order valence-electron chi connectivity index (χ3n) is 4.38. The van der Waals surface area contributed by atoms with Crippen molar-refractivity contribution in [3.63, 3.8) is 0 Å². The van der Waals surface area contributed by atoms with Crippen LogP contribution in [0.1, 0.15) is 29.8 Å². The van der Waals surface area contributed by atoms with Crippen molar-refractivity contribution in [2.75, 3.05) is 57.4 Å². The molecule has 0 aliphatic carbocycles. The van der Waals surface area contributed by atoms with E-state index in [1.54, 1.807) is 6.07 Å². The average molecular weight is 319 g/mol. The molecule has 2 saturated heterocycles. The molecule has 0 unspecified atom stereocenters. The van der Waals surface area contributed by atoms with Gasteiger partial charge in [0.2, 0.25) is 0 Å². The van der Waals surface area contributed by atoms with Gasteiger partial charge < -0.3 is 15.0 Å². The van der Waals surface area contributed by atoms with Crippen LogP contribution in [0.4, 0.5) is 5.82 Å². The van der Waals surface area contributed by atoms with Crippen molar-refractivity contribution in [1.82, 2.24) is 20.2 Å². The van der Waals surface area contributed by atoms with Gasteiger partial charge in [-0.15, -0.1) is 0 Å². The maximum atomic E-state index is 12.3. The summed E-state index contributed by atoms with van der Waals surface area (Å²) in [5.41, 5.74) is 0.447. The van der Waals surface area contributed by atoms with Crippen molar-refractivity contribution in [1.29, 1.82) is 0 Å². The number of morpholine rings is 1. The number of carbonyl (C=O) groups excluding carboxylic acids is 1. The van der Waals surface area contributed by atoms with E-state index in [1.165, 1.54) is 25.6 Å². The molecule has 0 aromatic carbocycles. The molecule has 126 valence electrons. The minimum Gasteiger partial charge on any atom is -0.379 e. The third-order valence-corrected chi connectivity index (χ3v) is 4.38. The predicted octanol–water partition coefficient (Wildman–Crippen LogP) is 0.529. The number of ether oxygens (including phenoxy) is 1. The van der Waals surface area contributed by atoms with Gasteiger partial charge in [-0.25, -0.2) is 9.97 Å². The van der Waals surface area contributed by atoms with Crippen LogP contribution in [-0.4, -0.2) is 73.3 Å². The van der Waals surface area contributed by atoms with E-state index >= 15 is 0 Å². The Hall–Kier alpha value is -1.73. The number of aromatic nitrogens is 2. The number of carbonyl (C=O) groups is 1. The van der Waals surface area contributed by atoms with Crippen LogP contribution in [0, 0.1) is 0 Å². The normalized spacial score (nSPS) is 19.6. The summed E-state index contributed by atoms with van der Waals surface area (Å²) in [6, 6.07) is 1.80. The van der Waals surface area contributed by atoms with E-state index in [0.717, 1.165) is 51.8 Å². The van der Waals surface area contributed by atoms with Gasteiger partial charge >= 0.3 is 0 Å². The van der Waals surface area contributed by atoms with Crippen molar-refractivity contribution >= 4 is 11.7 Å².